The molecule has 1 unspecified atom stereocenters. The smallest absolute Gasteiger partial charge is 0.345 e. The molecule has 0 radical (unpaired) electrons. The van der Waals surface area contributed by atoms with Crippen molar-refractivity contribution < 1.29 is 14.3 Å². The van der Waals surface area contributed by atoms with Crippen molar-refractivity contribution in [2.75, 3.05) is 7.11 Å². The fourth-order valence-corrected chi connectivity index (χ4v) is 2.35. The van der Waals surface area contributed by atoms with E-state index < -0.39 is 12.1 Å². The van der Waals surface area contributed by atoms with Crippen molar-refractivity contribution in [2.45, 2.75) is 6.10 Å². The van der Waals surface area contributed by atoms with Crippen molar-refractivity contribution in [1.82, 2.24) is 0 Å². The molecule has 0 spiro atoms. The van der Waals surface area contributed by atoms with E-state index in [0.717, 1.165) is 10.4 Å². The van der Waals surface area contributed by atoms with Gasteiger partial charge in [-0.2, -0.15) is 0 Å². The van der Waals surface area contributed by atoms with Crippen LogP contribution < -0.4 is 15.2 Å². The molecule has 2 rings (SSSR count). The summed E-state index contributed by atoms with van der Waals surface area (Å²) in [4.78, 5) is 11.5. The van der Waals surface area contributed by atoms with Crippen molar-refractivity contribution in [1.29, 1.82) is 0 Å². The van der Waals surface area contributed by atoms with E-state index in [-0.39, 0.29) is 0 Å². The van der Waals surface area contributed by atoms with E-state index in [1.165, 1.54) is 7.11 Å². The van der Waals surface area contributed by atoms with E-state index in [2.05, 4.69) is 22.5 Å². The van der Waals surface area contributed by atoms with E-state index in [0.29, 0.717) is 10.2 Å². The van der Waals surface area contributed by atoms with Crippen LogP contribution in [0.3, 0.4) is 0 Å². The van der Waals surface area contributed by atoms with Crippen LogP contribution in [-0.4, -0.2) is 19.2 Å². The first-order chi connectivity index (χ1) is 7.15. The second-order valence-electron chi connectivity index (χ2n) is 3.18. The molecule has 1 aromatic carbocycles. The van der Waals surface area contributed by atoms with Gasteiger partial charge < -0.3 is 9.47 Å². The summed E-state index contributed by atoms with van der Waals surface area (Å²) >= 11 is 3.36. The van der Waals surface area contributed by atoms with Crippen LogP contribution in [0.15, 0.2) is 18.2 Å². The number of methoxy groups -OCH3 is 1. The number of fused-ring (bicyclic) bond motifs is 1. The van der Waals surface area contributed by atoms with Gasteiger partial charge in [-0.25, -0.2) is 4.79 Å². The summed E-state index contributed by atoms with van der Waals surface area (Å²) in [5, 5.41) is 1.60. The molecule has 1 aromatic rings. The summed E-state index contributed by atoms with van der Waals surface area (Å²) in [6, 6.07) is 5.38. The monoisotopic (exact) mass is 268 g/mol. The zero-order valence-electron chi connectivity index (χ0n) is 8.12. The Hall–Kier alpha value is -1.13. The molecule has 0 bridgehead atoms. The standard InChI is InChI=1S/C11H9BrO3/c1-6-4-3-5-7-8(6)9(12)10(14-2)11(13)15-7/h3-5,10H,1H2,2H3. The van der Waals surface area contributed by atoms with Crippen molar-refractivity contribution >= 4 is 33.0 Å². The zero-order valence-corrected chi connectivity index (χ0v) is 9.71. The largest absolute Gasteiger partial charge is 0.424 e. The SMILES string of the molecule is C=c1cccc2c1=C(Br)C(OC)C(=O)O2. The lowest BCUT2D eigenvalue weighted by atomic mass is 10.1. The number of carbonyl (C=O) groups is 1. The van der Waals surface area contributed by atoms with Crippen LogP contribution >= 0.6 is 15.9 Å². The van der Waals surface area contributed by atoms with Gasteiger partial charge in [0.1, 0.15) is 5.75 Å². The highest BCUT2D eigenvalue weighted by Gasteiger charge is 2.29. The number of halogens is 1. The Bertz CT molecular complexity index is 521. The Morgan fingerprint density at radius 2 is 2.27 bits per heavy atom. The number of esters is 1. The topological polar surface area (TPSA) is 35.5 Å². The molecule has 3 nitrogen and oxygen atoms in total. The average molecular weight is 269 g/mol. The van der Waals surface area contributed by atoms with Crippen LogP contribution in [0.1, 0.15) is 0 Å². The number of hydrogen-bond acceptors (Lipinski definition) is 3. The summed E-state index contributed by atoms with van der Waals surface area (Å²) in [6.45, 7) is 3.88. The van der Waals surface area contributed by atoms with E-state index in [4.69, 9.17) is 9.47 Å². The van der Waals surface area contributed by atoms with Crippen LogP contribution in [0.5, 0.6) is 5.75 Å². The quantitative estimate of drug-likeness (QED) is 0.551. The van der Waals surface area contributed by atoms with Gasteiger partial charge in [-0.15, -0.1) is 0 Å². The second kappa shape index (κ2) is 3.79. The zero-order chi connectivity index (χ0) is 11.0. The van der Waals surface area contributed by atoms with Crippen LogP contribution in [0.4, 0.5) is 0 Å². The van der Waals surface area contributed by atoms with E-state index in [1.807, 2.05) is 6.07 Å². The average Bonchev–Trinajstić information content (AvgIpc) is 2.17. The number of carbonyl (C=O) groups excluding carboxylic acids is 1. The van der Waals surface area contributed by atoms with Crippen LogP contribution in [0.25, 0.3) is 11.1 Å². The highest BCUT2D eigenvalue weighted by atomic mass is 79.9. The Labute approximate surface area is 95.1 Å². The molecular formula is C11H9BrO3. The van der Waals surface area contributed by atoms with E-state index >= 15 is 0 Å². The lowest BCUT2D eigenvalue weighted by Crippen LogP contribution is -2.41. The Morgan fingerprint density at radius 1 is 1.53 bits per heavy atom. The highest BCUT2D eigenvalue weighted by molar-refractivity contribution is 9.15. The molecule has 1 heterocycles. The van der Waals surface area contributed by atoms with Gasteiger partial charge >= 0.3 is 5.97 Å². The summed E-state index contributed by atoms with van der Waals surface area (Å²) in [6.07, 6.45) is -0.694. The molecule has 0 fully saturated rings. The first-order valence-corrected chi connectivity index (χ1v) is 5.16. The molecule has 15 heavy (non-hydrogen) atoms. The third-order valence-electron chi connectivity index (χ3n) is 2.24. The number of benzene rings is 1. The Kier molecular flexibility index (Phi) is 2.63. The molecule has 4 heteroatoms. The van der Waals surface area contributed by atoms with Crippen molar-refractivity contribution in [3.05, 3.63) is 28.6 Å². The van der Waals surface area contributed by atoms with Crippen LogP contribution in [-0.2, 0) is 9.53 Å². The third kappa shape index (κ3) is 1.60. The molecule has 78 valence electrons. The van der Waals surface area contributed by atoms with Crippen molar-refractivity contribution in [3.8, 4) is 5.75 Å². The van der Waals surface area contributed by atoms with Gasteiger partial charge in [0.2, 0.25) is 0 Å². The third-order valence-corrected chi connectivity index (χ3v) is 3.05. The molecule has 0 amide bonds. The molecule has 1 aliphatic rings. The summed E-state index contributed by atoms with van der Waals surface area (Å²) in [5.41, 5.74) is 0. The predicted molar refractivity (Wildman–Crippen MR) is 60.0 cm³/mol. The van der Waals surface area contributed by atoms with Gasteiger partial charge in [0, 0.05) is 16.8 Å². The van der Waals surface area contributed by atoms with E-state index in [9.17, 15) is 4.79 Å². The van der Waals surface area contributed by atoms with Crippen molar-refractivity contribution in [2.24, 2.45) is 0 Å². The molecule has 0 N–H and O–H groups in total. The first-order valence-electron chi connectivity index (χ1n) is 4.37. The van der Waals surface area contributed by atoms with E-state index in [1.54, 1.807) is 12.1 Å². The van der Waals surface area contributed by atoms with Gasteiger partial charge in [0.05, 0.1) is 0 Å². The maximum atomic E-state index is 11.5. The molecule has 0 saturated heterocycles. The molecule has 1 aliphatic heterocycles. The summed E-state index contributed by atoms with van der Waals surface area (Å²) in [7, 11) is 1.46. The minimum atomic E-state index is -0.694. The summed E-state index contributed by atoms with van der Waals surface area (Å²) < 4.78 is 10.8. The van der Waals surface area contributed by atoms with Gasteiger partial charge in [-0.05, 0) is 11.3 Å². The minimum absolute atomic E-state index is 0.414. The van der Waals surface area contributed by atoms with Crippen LogP contribution in [0.2, 0.25) is 0 Å². The lowest BCUT2D eigenvalue weighted by molar-refractivity contribution is -0.142. The van der Waals surface area contributed by atoms with Crippen molar-refractivity contribution in [3.63, 3.8) is 0 Å². The molecule has 0 aliphatic carbocycles. The molecule has 0 aromatic heterocycles. The Morgan fingerprint density at radius 3 is 2.93 bits per heavy atom. The molecule has 1 atom stereocenters. The van der Waals surface area contributed by atoms with Gasteiger partial charge in [0.15, 0.2) is 6.10 Å². The molecular weight excluding hydrogens is 260 g/mol. The normalized spacial score (nSPS) is 19.7. The maximum Gasteiger partial charge on any atom is 0.345 e. The highest BCUT2D eigenvalue weighted by Crippen LogP contribution is 2.21. The predicted octanol–water partition coefficient (Wildman–Crippen LogP) is 0.534. The van der Waals surface area contributed by atoms with Gasteiger partial charge in [0.25, 0.3) is 0 Å². The van der Waals surface area contributed by atoms with Gasteiger partial charge in [-0.3, -0.25) is 0 Å². The number of hydrogen-bond donors (Lipinski definition) is 0. The summed E-state index contributed by atoms with van der Waals surface area (Å²) in [5.74, 6) is 0.107. The fourth-order valence-electron chi connectivity index (χ4n) is 1.53. The second-order valence-corrected chi connectivity index (χ2v) is 4.03. The van der Waals surface area contributed by atoms with Crippen LogP contribution in [0, 0.1) is 0 Å². The van der Waals surface area contributed by atoms with Gasteiger partial charge in [-0.1, -0.05) is 34.6 Å². The minimum Gasteiger partial charge on any atom is -0.424 e. The maximum absolute atomic E-state index is 11.5. The lowest BCUT2D eigenvalue weighted by Gasteiger charge is -2.19. The molecule has 0 saturated carbocycles. The number of rotatable bonds is 1. The fraction of sp³-hybridized carbons (Fsp3) is 0.182. The first kappa shape index (κ1) is 10.4. The Balaban J connectivity index is 2.79. The number of ether oxygens (including phenoxy) is 2.